The number of nitro benzene ring substituents is 1. The first-order chi connectivity index (χ1) is 32.0. The highest BCUT2D eigenvalue weighted by Crippen LogP contribution is 2.43. The van der Waals surface area contributed by atoms with Crippen molar-refractivity contribution in [2.75, 3.05) is 89.8 Å². The third kappa shape index (κ3) is 11.6. The number of allylic oxidation sites excluding steroid dienone is 1. The molecule has 1 aliphatic carbocycles. The van der Waals surface area contributed by atoms with Gasteiger partial charge in [0.05, 0.1) is 40.8 Å². The molecule has 0 unspecified atom stereocenters. The number of nitrogens with zero attached hydrogens (tertiary/aromatic N) is 6. The lowest BCUT2D eigenvalue weighted by atomic mass is 9.72. The van der Waals surface area contributed by atoms with Crippen molar-refractivity contribution in [2.45, 2.75) is 44.1 Å². The standard InChI is InChI=1S/C48H56ClN9O8S/c1-48(2)15-13-34(41(26-48)32-5-7-35(49)8-6-32)29-55-17-19-56(20-18-55)36-9-11-40(44(24-36)66-37-23-33-14-16-50-46(33)52-27-37)47(60)53-67(63,64)39-10-12-42(43(25-39)58(61)62)51-28-38-30-57(21-22-65-38)45(59)31-54(3)4/h5-12,14,16,23-25,27,38,51H,13,15,17-22,26,28-31H2,1-4H3,(H,50,52)(H,53,60)/t38-/m1/s1. The first-order valence-electron chi connectivity index (χ1n) is 22.3. The maximum atomic E-state index is 14.0. The fourth-order valence-corrected chi connectivity index (χ4v) is 9.97. The largest absolute Gasteiger partial charge is 0.455 e. The van der Waals surface area contributed by atoms with Gasteiger partial charge in [-0.05, 0) is 98.4 Å². The predicted molar refractivity (Wildman–Crippen MR) is 258 cm³/mol. The van der Waals surface area contributed by atoms with Crippen molar-refractivity contribution >= 4 is 67.1 Å². The Balaban J connectivity index is 0.978. The smallest absolute Gasteiger partial charge is 0.293 e. The summed E-state index contributed by atoms with van der Waals surface area (Å²) in [5, 5.41) is 16.7. The normalized spacial score (nSPS) is 18.0. The number of carbonyl (C=O) groups excluding carboxylic acids is 2. The maximum absolute atomic E-state index is 14.0. The van der Waals surface area contributed by atoms with Crippen molar-refractivity contribution in [3.05, 3.63) is 117 Å². The van der Waals surface area contributed by atoms with Crippen molar-refractivity contribution < 1.29 is 32.4 Å². The first-order valence-corrected chi connectivity index (χ1v) is 24.2. The molecule has 3 aliphatic rings. The molecule has 0 radical (unpaired) electrons. The number of carbonyl (C=O) groups is 2. The Morgan fingerprint density at radius 3 is 2.55 bits per heavy atom. The number of ether oxygens (including phenoxy) is 2. The summed E-state index contributed by atoms with van der Waals surface area (Å²) in [6, 6.07) is 20.1. The number of nitro groups is 1. The summed E-state index contributed by atoms with van der Waals surface area (Å²) in [7, 11) is -1.03. The lowest BCUT2D eigenvalue weighted by molar-refractivity contribution is -0.384. The van der Waals surface area contributed by atoms with E-state index in [1.807, 2.05) is 18.2 Å². The van der Waals surface area contributed by atoms with Crippen molar-refractivity contribution in [3.63, 3.8) is 0 Å². The van der Waals surface area contributed by atoms with Gasteiger partial charge in [0.1, 0.15) is 22.8 Å². The van der Waals surface area contributed by atoms with E-state index >= 15 is 0 Å². The number of amides is 2. The molecule has 17 nitrogen and oxygen atoms in total. The molecule has 3 N–H and O–H groups in total. The summed E-state index contributed by atoms with van der Waals surface area (Å²) >= 11 is 6.25. The second kappa shape index (κ2) is 20.0. The molecule has 2 aliphatic heterocycles. The van der Waals surface area contributed by atoms with Gasteiger partial charge in [0.2, 0.25) is 5.91 Å². The van der Waals surface area contributed by atoms with Gasteiger partial charge < -0.3 is 34.5 Å². The molecule has 1 atom stereocenters. The van der Waals surface area contributed by atoms with Gasteiger partial charge in [-0.3, -0.25) is 24.6 Å². The van der Waals surface area contributed by atoms with Crippen molar-refractivity contribution in [1.29, 1.82) is 0 Å². The van der Waals surface area contributed by atoms with Crippen LogP contribution >= 0.6 is 11.6 Å². The molecule has 0 saturated carbocycles. The number of pyridine rings is 1. The number of hydrogen-bond donors (Lipinski definition) is 3. The number of rotatable bonds is 15. The molecular weight excluding hydrogens is 898 g/mol. The van der Waals surface area contributed by atoms with Gasteiger partial charge in [0.25, 0.3) is 21.6 Å². The molecule has 2 saturated heterocycles. The highest BCUT2D eigenvalue weighted by molar-refractivity contribution is 7.90. The fraction of sp³-hybridized carbons (Fsp3) is 0.396. The van der Waals surface area contributed by atoms with Crippen LogP contribution in [0.4, 0.5) is 17.1 Å². The molecular formula is C48H56ClN9O8S. The van der Waals surface area contributed by atoms with Gasteiger partial charge in [-0.15, -0.1) is 0 Å². The Hall–Kier alpha value is -6.05. The van der Waals surface area contributed by atoms with Gasteiger partial charge in [-0.1, -0.05) is 43.2 Å². The van der Waals surface area contributed by atoms with Gasteiger partial charge >= 0.3 is 0 Å². The molecule has 0 spiro atoms. The van der Waals surface area contributed by atoms with Crippen LogP contribution in [0.25, 0.3) is 16.6 Å². The van der Waals surface area contributed by atoms with Crippen LogP contribution in [0.2, 0.25) is 5.02 Å². The third-order valence-corrected chi connectivity index (χ3v) is 14.1. The number of hydrogen-bond acceptors (Lipinski definition) is 13. The van der Waals surface area contributed by atoms with Gasteiger partial charge in [-0.25, -0.2) is 18.1 Å². The topological polar surface area (TPSA) is 196 Å². The average Bonchev–Trinajstić information content (AvgIpc) is 3.77. The molecule has 0 bridgehead atoms. The number of aromatic nitrogens is 2. The highest BCUT2D eigenvalue weighted by Gasteiger charge is 2.31. The second-order valence-electron chi connectivity index (χ2n) is 18.4. The molecule has 5 aromatic rings. The quantitative estimate of drug-likeness (QED) is 0.0716. The van der Waals surface area contributed by atoms with E-state index in [1.54, 1.807) is 48.3 Å². The van der Waals surface area contributed by atoms with Crippen molar-refractivity contribution in [3.8, 4) is 11.5 Å². The number of fused-ring (bicyclic) bond motifs is 1. The van der Waals surface area contributed by atoms with Gasteiger partial charge in [0, 0.05) is 86.8 Å². The van der Waals surface area contributed by atoms with Crippen LogP contribution < -0.4 is 19.7 Å². The Morgan fingerprint density at radius 2 is 1.81 bits per heavy atom. The zero-order valence-corrected chi connectivity index (χ0v) is 39.7. The minimum absolute atomic E-state index is 0.0496. The van der Waals surface area contributed by atoms with Crippen LogP contribution in [0, 0.1) is 15.5 Å². The monoisotopic (exact) mass is 953 g/mol. The second-order valence-corrected chi connectivity index (χ2v) is 20.5. The van der Waals surface area contributed by atoms with Gasteiger partial charge in [0.15, 0.2) is 0 Å². The van der Waals surface area contributed by atoms with E-state index in [-0.39, 0.29) is 48.0 Å². The van der Waals surface area contributed by atoms with E-state index in [0.717, 1.165) is 61.1 Å². The average molecular weight is 955 g/mol. The van der Waals surface area contributed by atoms with Crippen LogP contribution in [0.5, 0.6) is 11.5 Å². The van der Waals surface area contributed by atoms with E-state index in [2.05, 4.69) is 55.8 Å². The lowest BCUT2D eigenvalue weighted by Crippen LogP contribution is -2.50. The van der Waals surface area contributed by atoms with E-state index < -0.39 is 37.5 Å². The fourth-order valence-electron chi connectivity index (χ4n) is 8.86. The number of H-pyrrole nitrogens is 1. The first kappa shape index (κ1) is 47.4. The number of likely N-dealkylation sites (N-methyl/N-ethyl adjacent to an activating group) is 1. The minimum Gasteiger partial charge on any atom is -0.455 e. The van der Waals surface area contributed by atoms with Crippen molar-refractivity contribution in [2.24, 2.45) is 5.41 Å². The summed E-state index contributed by atoms with van der Waals surface area (Å²) in [5.41, 5.74) is 5.18. The number of halogens is 1. The molecule has 19 heteroatoms. The molecule has 67 heavy (non-hydrogen) atoms. The van der Waals surface area contributed by atoms with Crippen LogP contribution in [0.1, 0.15) is 49.0 Å². The highest BCUT2D eigenvalue weighted by atomic mass is 35.5. The maximum Gasteiger partial charge on any atom is 0.293 e. The van der Waals surface area contributed by atoms with E-state index in [1.165, 1.54) is 41.1 Å². The van der Waals surface area contributed by atoms with Crippen LogP contribution in [-0.4, -0.2) is 136 Å². The number of benzene rings is 3. The van der Waals surface area contributed by atoms with Crippen LogP contribution in [-0.2, 0) is 19.6 Å². The molecule has 2 aromatic heterocycles. The molecule has 354 valence electrons. The van der Waals surface area contributed by atoms with E-state index in [4.69, 9.17) is 21.1 Å². The number of piperazine rings is 1. The predicted octanol–water partition coefficient (Wildman–Crippen LogP) is 7.02. The Labute approximate surface area is 395 Å². The number of sulfonamides is 1. The third-order valence-electron chi connectivity index (χ3n) is 12.5. The SMILES string of the molecule is CN(C)CC(=O)N1CCO[C@H](CNc2ccc(S(=O)(=O)NC(=O)c3ccc(N4CCN(CC5=C(c6ccc(Cl)cc6)CC(C)(C)CC5)CC4)cc3Oc3cnc4[nH]ccc4c3)cc2[N+](=O)[O-])C1. The van der Waals surface area contributed by atoms with E-state index in [0.29, 0.717) is 37.6 Å². The lowest BCUT2D eigenvalue weighted by Gasteiger charge is -2.39. The summed E-state index contributed by atoms with van der Waals surface area (Å²) in [5.74, 6) is -0.617. The summed E-state index contributed by atoms with van der Waals surface area (Å²) in [6.07, 6.45) is 5.96. The zero-order chi connectivity index (χ0) is 47.5. The summed E-state index contributed by atoms with van der Waals surface area (Å²) in [4.78, 5) is 53.3. The molecule has 2 fully saturated rings. The van der Waals surface area contributed by atoms with Crippen LogP contribution in [0.3, 0.4) is 0 Å². The molecule has 2 amide bonds. The zero-order valence-electron chi connectivity index (χ0n) is 38.1. The molecule has 8 rings (SSSR count). The number of anilines is 2. The molecule has 3 aromatic carbocycles. The Morgan fingerprint density at radius 1 is 1.03 bits per heavy atom. The number of nitrogens with one attached hydrogen (secondary N) is 3. The van der Waals surface area contributed by atoms with Gasteiger partial charge in [-0.2, -0.15) is 0 Å². The summed E-state index contributed by atoms with van der Waals surface area (Å²) in [6.45, 7) is 9.93. The summed E-state index contributed by atoms with van der Waals surface area (Å²) < 4.78 is 41.8. The molecule has 4 heterocycles. The van der Waals surface area contributed by atoms with Crippen LogP contribution in [0.15, 0.2) is 95.7 Å². The Bertz CT molecular complexity index is 2790. The number of morpholine rings is 1. The minimum atomic E-state index is -4.64. The van der Waals surface area contributed by atoms with Crippen molar-refractivity contribution in [1.82, 2.24) is 29.4 Å². The number of aromatic amines is 1. The van der Waals surface area contributed by atoms with E-state index in [9.17, 15) is 28.1 Å². The Kier molecular flexibility index (Phi) is 14.2.